The molecular weight excluding hydrogens is 497 g/mol. The summed E-state index contributed by atoms with van der Waals surface area (Å²) in [6.45, 7) is 0. The van der Waals surface area contributed by atoms with E-state index in [1.165, 1.54) is 0 Å². The third kappa shape index (κ3) is 6.50. The van der Waals surface area contributed by atoms with Crippen LogP contribution in [0, 0.1) is 0 Å². The molecule has 4 rings (SSSR count). The van der Waals surface area contributed by atoms with Crippen LogP contribution < -0.4 is 11.1 Å². The lowest BCUT2D eigenvalue weighted by Crippen LogP contribution is -2.45. The Kier molecular flexibility index (Phi) is 8.36. The largest absolute Gasteiger partial charge is 0.368 e. The summed E-state index contributed by atoms with van der Waals surface area (Å²) in [5.74, 6) is -0.797. The van der Waals surface area contributed by atoms with E-state index in [1.807, 2.05) is 54.6 Å². The summed E-state index contributed by atoms with van der Waals surface area (Å²) in [6.07, 6.45) is 5.14. The Balaban J connectivity index is 1.46. The summed E-state index contributed by atoms with van der Waals surface area (Å²) in [4.78, 5) is 28.7. The molecule has 0 aliphatic heterocycles. The smallest absolute Gasteiger partial charge is 0.240 e. The molecule has 0 aliphatic rings. The maximum atomic E-state index is 12.6. The van der Waals surface area contributed by atoms with Crippen molar-refractivity contribution in [3.05, 3.63) is 100 Å². The molecule has 3 N–H and O–H groups in total. The number of hydrogen-bond donors (Lipinski definition) is 2. The molecule has 4 aromatic rings. The van der Waals surface area contributed by atoms with Crippen molar-refractivity contribution in [2.75, 3.05) is 0 Å². The summed E-state index contributed by atoms with van der Waals surface area (Å²) in [5, 5.41) is 8.40. The van der Waals surface area contributed by atoms with Gasteiger partial charge in [0, 0.05) is 36.5 Å². The SMILES string of the molecule is NC(=O)C(Cc1ccccc1)NC(=O)CCCc1cc(-c2cccnc2)nn1-c1ccc(Cl)c(Cl)c1. The Bertz CT molecular complexity index is 1340. The number of hydrogen-bond acceptors (Lipinski definition) is 4. The highest BCUT2D eigenvalue weighted by Gasteiger charge is 2.19. The van der Waals surface area contributed by atoms with E-state index in [0.29, 0.717) is 29.3 Å². The number of nitrogens with zero attached hydrogens (tertiary/aromatic N) is 3. The van der Waals surface area contributed by atoms with Crippen molar-refractivity contribution in [2.45, 2.75) is 31.7 Å². The van der Waals surface area contributed by atoms with Gasteiger partial charge in [-0.15, -0.1) is 0 Å². The molecule has 0 aliphatic carbocycles. The topological polar surface area (TPSA) is 103 Å². The van der Waals surface area contributed by atoms with Crippen LogP contribution in [0.25, 0.3) is 16.9 Å². The molecule has 0 bridgehead atoms. The van der Waals surface area contributed by atoms with E-state index in [4.69, 9.17) is 34.0 Å². The third-order valence-electron chi connectivity index (χ3n) is 5.69. The van der Waals surface area contributed by atoms with Gasteiger partial charge in [-0.05, 0) is 54.8 Å². The molecule has 2 amide bonds. The quantitative estimate of drug-likeness (QED) is 0.313. The number of rotatable bonds is 10. The van der Waals surface area contributed by atoms with Crippen molar-refractivity contribution >= 4 is 35.0 Å². The van der Waals surface area contributed by atoms with Crippen LogP contribution >= 0.6 is 23.2 Å². The zero-order chi connectivity index (χ0) is 25.5. The van der Waals surface area contributed by atoms with Crippen molar-refractivity contribution in [3.63, 3.8) is 0 Å². The third-order valence-corrected chi connectivity index (χ3v) is 6.43. The van der Waals surface area contributed by atoms with Gasteiger partial charge < -0.3 is 11.1 Å². The van der Waals surface area contributed by atoms with Gasteiger partial charge in [0.05, 0.1) is 21.4 Å². The van der Waals surface area contributed by atoms with Crippen LogP contribution in [0.4, 0.5) is 0 Å². The number of carbonyl (C=O) groups is 2. The number of nitrogens with two attached hydrogens (primary N) is 1. The highest BCUT2D eigenvalue weighted by atomic mass is 35.5. The predicted octanol–water partition coefficient (Wildman–Crippen LogP) is 4.78. The van der Waals surface area contributed by atoms with Gasteiger partial charge >= 0.3 is 0 Å². The van der Waals surface area contributed by atoms with Crippen LogP contribution in [0.3, 0.4) is 0 Å². The summed E-state index contributed by atoms with van der Waals surface area (Å²) in [6, 6.07) is 19.7. The molecule has 0 saturated carbocycles. The van der Waals surface area contributed by atoms with Crippen LogP contribution in [-0.2, 0) is 22.4 Å². The second-order valence-electron chi connectivity index (χ2n) is 8.34. The molecule has 7 nitrogen and oxygen atoms in total. The van der Waals surface area contributed by atoms with Gasteiger partial charge in [0.25, 0.3) is 0 Å². The number of carbonyl (C=O) groups excluding carboxylic acids is 2. The Hall–Kier alpha value is -3.68. The maximum absolute atomic E-state index is 12.6. The van der Waals surface area contributed by atoms with Crippen molar-refractivity contribution in [1.82, 2.24) is 20.1 Å². The normalized spacial score (nSPS) is 11.7. The van der Waals surface area contributed by atoms with Crippen LogP contribution in [0.1, 0.15) is 24.1 Å². The molecule has 1 atom stereocenters. The molecular formula is C27H25Cl2N5O2. The average Bonchev–Trinajstić information content (AvgIpc) is 3.30. The number of benzene rings is 2. The van der Waals surface area contributed by atoms with Gasteiger partial charge in [-0.2, -0.15) is 5.10 Å². The molecule has 0 saturated heterocycles. The number of aryl methyl sites for hydroxylation is 1. The zero-order valence-corrected chi connectivity index (χ0v) is 20.9. The molecule has 0 radical (unpaired) electrons. The van der Waals surface area contributed by atoms with Crippen LogP contribution in [0.2, 0.25) is 10.0 Å². The van der Waals surface area contributed by atoms with Gasteiger partial charge in [0.1, 0.15) is 6.04 Å². The van der Waals surface area contributed by atoms with Crippen molar-refractivity contribution in [1.29, 1.82) is 0 Å². The summed E-state index contributed by atoms with van der Waals surface area (Å²) in [7, 11) is 0. The number of primary amides is 1. The molecule has 184 valence electrons. The average molecular weight is 522 g/mol. The first kappa shape index (κ1) is 25.4. The van der Waals surface area contributed by atoms with E-state index in [0.717, 1.165) is 28.2 Å². The number of halogens is 2. The molecule has 0 fully saturated rings. The minimum Gasteiger partial charge on any atom is -0.368 e. The summed E-state index contributed by atoms with van der Waals surface area (Å²) in [5.41, 5.74) is 9.74. The van der Waals surface area contributed by atoms with Crippen molar-refractivity contribution in [3.8, 4) is 16.9 Å². The van der Waals surface area contributed by atoms with Crippen LogP contribution in [0.15, 0.2) is 79.1 Å². The van der Waals surface area contributed by atoms with E-state index in [-0.39, 0.29) is 12.3 Å². The minimum absolute atomic E-state index is 0.230. The standard InChI is InChI=1S/C27H25Cl2N5O2/c28-22-12-11-21(15-23(22)29)34-20(16-24(33-34)19-8-5-13-31-17-19)9-4-10-26(35)32-25(27(30)36)14-18-6-2-1-3-7-18/h1-3,5-8,11-13,15-17,25H,4,9-10,14H2,(H2,30,36)(H,32,35). The van der Waals surface area contributed by atoms with Gasteiger partial charge in [-0.1, -0.05) is 53.5 Å². The Morgan fingerprint density at radius 2 is 1.81 bits per heavy atom. The first-order chi connectivity index (χ1) is 17.4. The lowest BCUT2D eigenvalue weighted by atomic mass is 10.0. The van der Waals surface area contributed by atoms with E-state index >= 15 is 0 Å². The highest BCUT2D eigenvalue weighted by Crippen LogP contribution is 2.27. The highest BCUT2D eigenvalue weighted by molar-refractivity contribution is 6.42. The second kappa shape index (κ2) is 11.8. The lowest BCUT2D eigenvalue weighted by Gasteiger charge is -2.15. The first-order valence-corrected chi connectivity index (χ1v) is 12.2. The Morgan fingerprint density at radius 3 is 2.50 bits per heavy atom. The van der Waals surface area contributed by atoms with Crippen LogP contribution in [0.5, 0.6) is 0 Å². The second-order valence-corrected chi connectivity index (χ2v) is 9.15. The monoisotopic (exact) mass is 521 g/mol. The van der Waals surface area contributed by atoms with Crippen molar-refractivity contribution in [2.24, 2.45) is 5.73 Å². The Labute approximate surface area is 219 Å². The predicted molar refractivity (Wildman–Crippen MR) is 141 cm³/mol. The molecule has 1 unspecified atom stereocenters. The Morgan fingerprint density at radius 1 is 1.00 bits per heavy atom. The molecule has 2 aromatic carbocycles. The molecule has 2 heterocycles. The number of amides is 2. The first-order valence-electron chi connectivity index (χ1n) is 11.5. The van der Waals surface area contributed by atoms with Crippen LogP contribution in [-0.4, -0.2) is 32.6 Å². The van der Waals surface area contributed by atoms with E-state index in [2.05, 4.69) is 10.3 Å². The number of aromatic nitrogens is 3. The fourth-order valence-corrected chi connectivity index (χ4v) is 4.15. The van der Waals surface area contributed by atoms with Gasteiger partial charge in [-0.25, -0.2) is 4.68 Å². The maximum Gasteiger partial charge on any atom is 0.240 e. The van der Waals surface area contributed by atoms with Gasteiger partial charge in [0.2, 0.25) is 11.8 Å². The van der Waals surface area contributed by atoms with Gasteiger partial charge in [-0.3, -0.25) is 14.6 Å². The zero-order valence-electron chi connectivity index (χ0n) is 19.4. The fourth-order valence-electron chi connectivity index (χ4n) is 3.86. The molecule has 36 heavy (non-hydrogen) atoms. The summed E-state index contributed by atoms with van der Waals surface area (Å²) < 4.78 is 1.80. The minimum atomic E-state index is -0.765. The van der Waals surface area contributed by atoms with E-state index < -0.39 is 11.9 Å². The number of nitrogens with one attached hydrogen (secondary N) is 1. The number of pyridine rings is 1. The fraction of sp³-hybridized carbons (Fsp3) is 0.185. The van der Waals surface area contributed by atoms with E-state index in [1.54, 1.807) is 29.2 Å². The van der Waals surface area contributed by atoms with Gasteiger partial charge in [0.15, 0.2) is 0 Å². The molecule has 2 aromatic heterocycles. The lowest BCUT2D eigenvalue weighted by molar-refractivity contribution is -0.127. The summed E-state index contributed by atoms with van der Waals surface area (Å²) >= 11 is 12.3. The van der Waals surface area contributed by atoms with Crippen molar-refractivity contribution < 1.29 is 9.59 Å². The molecule has 9 heteroatoms. The van der Waals surface area contributed by atoms with E-state index in [9.17, 15) is 9.59 Å². The molecule has 0 spiro atoms.